The molecule has 4 nitrogen and oxygen atoms in total. The topological polar surface area (TPSA) is 62.4 Å². The number of aliphatic hydroxyl groups is 1. The van der Waals surface area contributed by atoms with Crippen molar-refractivity contribution in [2.75, 3.05) is 18.8 Å². The van der Waals surface area contributed by atoms with Crippen molar-refractivity contribution in [2.45, 2.75) is 25.5 Å². The van der Waals surface area contributed by atoms with Gasteiger partial charge in [0.05, 0.1) is 6.10 Å². The van der Waals surface area contributed by atoms with E-state index in [9.17, 15) is 5.11 Å². The fourth-order valence-electron chi connectivity index (χ4n) is 1.79. The van der Waals surface area contributed by atoms with E-state index in [0.717, 1.165) is 32.5 Å². The second-order valence-electron chi connectivity index (χ2n) is 3.70. The quantitative estimate of drug-likeness (QED) is 0.758. The lowest BCUT2D eigenvalue weighted by Crippen LogP contribution is -2.37. The zero-order valence-corrected chi connectivity index (χ0v) is 8.83. The van der Waals surface area contributed by atoms with Crippen LogP contribution in [0.15, 0.2) is 6.20 Å². The van der Waals surface area contributed by atoms with Crippen molar-refractivity contribution in [2.24, 2.45) is 0 Å². The maximum atomic E-state index is 9.48. The van der Waals surface area contributed by atoms with Gasteiger partial charge in [-0.05, 0) is 19.4 Å². The highest BCUT2D eigenvalue weighted by Crippen LogP contribution is 2.19. The molecule has 0 spiro atoms. The number of nitrogens with zero attached hydrogens (tertiary/aromatic N) is 2. The molecule has 0 bridgehead atoms. The van der Waals surface area contributed by atoms with Crippen molar-refractivity contribution in [3.8, 4) is 0 Å². The standard InChI is InChI=1S/C9H15N3OS/c10-9-11-4-8(14-9)6-12-3-1-2-7(13)5-12/h4,7,13H,1-3,5-6H2,(H2,10,11). The van der Waals surface area contributed by atoms with Crippen LogP contribution in [0.25, 0.3) is 0 Å². The molecule has 2 rings (SSSR count). The average molecular weight is 213 g/mol. The first-order valence-electron chi connectivity index (χ1n) is 4.84. The largest absolute Gasteiger partial charge is 0.392 e. The first-order chi connectivity index (χ1) is 6.74. The van der Waals surface area contributed by atoms with Gasteiger partial charge < -0.3 is 10.8 Å². The number of piperidine rings is 1. The van der Waals surface area contributed by atoms with Gasteiger partial charge in [-0.15, -0.1) is 11.3 Å². The Morgan fingerprint density at radius 1 is 1.71 bits per heavy atom. The van der Waals surface area contributed by atoms with Crippen molar-refractivity contribution in [3.63, 3.8) is 0 Å². The first kappa shape index (κ1) is 9.89. The summed E-state index contributed by atoms with van der Waals surface area (Å²) >= 11 is 1.53. The lowest BCUT2D eigenvalue weighted by atomic mass is 10.1. The summed E-state index contributed by atoms with van der Waals surface area (Å²) in [5.41, 5.74) is 5.55. The number of likely N-dealkylation sites (tertiary alicyclic amines) is 1. The van der Waals surface area contributed by atoms with Crippen LogP contribution in [0.5, 0.6) is 0 Å². The van der Waals surface area contributed by atoms with Crippen LogP contribution in [0.1, 0.15) is 17.7 Å². The fraction of sp³-hybridized carbons (Fsp3) is 0.667. The monoisotopic (exact) mass is 213 g/mol. The maximum absolute atomic E-state index is 9.48. The molecule has 1 aliphatic rings. The number of aromatic nitrogens is 1. The van der Waals surface area contributed by atoms with Crippen LogP contribution in [-0.2, 0) is 6.54 Å². The van der Waals surface area contributed by atoms with E-state index >= 15 is 0 Å². The van der Waals surface area contributed by atoms with Gasteiger partial charge in [-0.2, -0.15) is 0 Å². The molecule has 78 valence electrons. The van der Waals surface area contributed by atoms with Gasteiger partial charge in [-0.3, -0.25) is 4.90 Å². The van der Waals surface area contributed by atoms with Gasteiger partial charge in [-0.1, -0.05) is 0 Å². The molecule has 14 heavy (non-hydrogen) atoms. The number of nitrogen functional groups attached to an aromatic ring is 1. The summed E-state index contributed by atoms with van der Waals surface area (Å²) in [6, 6.07) is 0. The predicted octanol–water partition coefficient (Wildman–Crippen LogP) is 0.682. The Labute approximate surface area is 87.4 Å². The third-order valence-corrected chi connectivity index (χ3v) is 3.24. The number of β-amino-alcohol motifs (C(OH)–C–C–N with tert-alkyl or cyclic N) is 1. The van der Waals surface area contributed by atoms with Crippen molar-refractivity contribution >= 4 is 16.5 Å². The summed E-state index contributed by atoms with van der Waals surface area (Å²) in [7, 11) is 0. The Morgan fingerprint density at radius 3 is 3.21 bits per heavy atom. The molecule has 1 unspecified atom stereocenters. The fourth-order valence-corrected chi connectivity index (χ4v) is 2.52. The van der Waals surface area contributed by atoms with E-state index < -0.39 is 0 Å². The number of anilines is 1. The van der Waals surface area contributed by atoms with Crippen LogP contribution in [0.4, 0.5) is 5.13 Å². The van der Waals surface area contributed by atoms with Crippen LogP contribution in [0.3, 0.4) is 0 Å². The van der Waals surface area contributed by atoms with Gasteiger partial charge in [0.1, 0.15) is 0 Å². The molecule has 0 saturated carbocycles. The van der Waals surface area contributed by atoms with Crippen LogP contribution >= 0.6 is 11.3 Å². The summed E-state index contributed by atoms with van der Waals surface area (Å²) in [4.78, 5) is 7.44. The van der Waals surface area contributed by atoms with E-state index in [1.165, 1.54) is 16.2 Å². The van der Waals surface area contributed by atoms with Crippen LogP contribution < -0.4 is 5.73 Å². The summed E-state index contributed by atoms with van der Waals surface area (Å²) in [5, 5.41) is 10.1. The van der Waals surface area contributed by atoms with Crippen molar-refractivity contribution in [1.29, 1.82) is 0 Å². The molecule has 1 saturated heterocycles. The molecule has 1 aromatic heterocycles. The zero-order valence-electron chi connectivity index (χ0n) is 8.02. The second-order valence-corrected chi connectivity index (χ2v) is 4.84. The van der Waals surface area contributed by atoms with Crippen molar-refractivity contribution < 1.29 is 5.11 Å². The van der Waals surface area contributed by atoms with E-state index in [4.69, 9.17) is 5.73 Å². The van der Waals surface area contributed by atoms with E-state index in [2.05, 4.69) is 9.88 Å². The van der Waals surface area contributed by atoms with Gasteiger partial charge in [0.2, 0.25) is 0 Å². The number of nitrogens with two attached hydrogens (primary N) is 1. The predicted molar refractivity (Wildman–Crippen MR) is 57.0 cm³/mol. The molecule has 1 atom stereocenters. The Kier molecular flexibility index (Phi) is 3.00. The molecule has 1 aromatic rings. The number of thiazole rings is 1. The number of rotatable bonds is 2. The smallest absolute Gasteiger partial charge is 0.180 e. The molecule has 0 aliphatic carbocycles. The summed E-state index contributed by atoms with van der Waals surface area (Å²) < 4.78 is 0. The van der Waals surface area contributed by atoms with E-state index in [1.54, 1.807) is 0 Å². The van der Waals surface area contributed by atoms with E-state index in [0.29, 0.717) is 5.13 Å². The van der Waals surface area contributed by atoms with Gasteiger partial charge in [0, 0.05) is 24.2 Å². The summed E-state index contributed by atoms with van der Waals surface area (Å²) in [6.45, 7) is 2.71. The highest BCUT2D eigenvalue weighted by atomic mass is 32.1. The third kappa shape index (κ3) is 2.43. The minimum absolute atomic E-state index is 0.158. The highest BCUT2D eigenvalue weighted by Gasteiger charge is 2.18. The molecule has 3 N–H and O–H groups in total. The van der Waals surface area contributed by atoms with E-state index in [1.807, 2.05) is 6.20 Å². The van der Waals surface area contributed by atoms with Crippen molar-refractivity contribution in [1.82, 2.24) is 9.88 Å². The Balaban J connectivity index is 1.90. The van der Waals surface area contributed by atoms with Gasteiger partial charge >= 0.3 is 0 Å². The first-order valence-corrected chi connectivity index (χ1v) is 5.66. The van der Waals surface area contributed by atoms with Gasteiger partial charge in [0.25, 0.3) is 0 Å². The average Bonchev–Trinajstić information content (AvgIpc) is 2.51. The Morgan fingerprint density at radius 2 is 2.57 bits per heavy atom. The normalized spacial score (nSPS) is 23.9. The number of hydrogen-bond donors (Lipinski definition) is 2. The van der Waals surface area contributed by atoms with Gasteiger partial charge in [-0.25, -0.2) is 4.98 Å². The molecule has 0 amide bonds. The molecular formula is C9H15N3OS. The molecule has 0 radical (unpaired) electrons. The second kappa shape index (κ2) is 4.25. The summed E-state index contributed by atoms with van der Waals surface area (Å²) in [6.07, 6.45) is 3.67. The molecule has 5 heteroatoms. The highest BCUT2D eigenvalue weighted by molar-refractivity contribution is 7.15. The molecular weight excluding hydrogens is 198 g/mol. The Hall–Kier alpha value is -0.650. The van der Waals surface area contributed by atoms with Gasteiger partial charge in [0.15, 0.2) is 5.13 Å². The number of aliphatic hydroxyl groups excluding tert-OH is 1. The minimum Gasteiger partial charge on any atom is -0.392 e. The molecule has 1 fully saturated rings. The van der Waals surface area contributed by atoms with Crippen LogP contribution in [-0.4, -0.2) is 34.2 Å². The Bertz CT molecular complexity index is 302. The van der Waals surface area contributed by atoms with E-state index in [-0.39, 0.29) is 6.10 Å². The maximum Gasteiger partial charge on any atom is 0.180 e. The van der Waals surface area contributed by atoms with Crippen LogP contribution in [0, 0.1) is 0 Å². The van der Waals surface area contributed by atoms with Crippen molar-refractivity contribution in [3.05, 3.63) is 11.1 Å². The van der Waals surface area contributed by atoms with Crippen LogP contribution in [0.2, 0.25) is 0 Å². The zero-order chi connectivity index (χ0) is 9.97. The molecule has 1 aliphatic heterocycles. The summed E-state index contributed by atoms with van der Waals surface area (Å²) in [5.74, 6) is 0. The lowest BCUT2D eigenvalue weighted by molar-refractivity contribution is 0.0673. The minimum atomic E-state index is -0.158. The third-order valence-electron chi connectivity index (χ3n) is 2.43. The molecule has 0 aromatic carbocycles. The number of hydrogen-bond acceptors (Lipinski definition) is 5. The lowest BCUT2D eigenvalue weighted by Gasteiger charge is -2.29. The SMILES string of the molecule is Nc1ncc(CN2CCCC(O)C2)s1. The molecule has 2 heterocycles.